The van der Waals surface area contributed by atoms with Gasteiger partial charge in [-0.25, -0.2) is 4.79 Å². The second-order valence-corrected chi connectivity index (χ2v) is 7.77. The molecular formula is C19H21NO5S2. The average Bonchev–Trinajstić information content (AvgIpc) is 3.26. The Morgan fingerprint density at radius 1 is 1.41 bits per heavy atom. The predicted molar refractivity (Wildman–Crippen MR) is 107 cm³/mol. The molecule has 2 aliphatic rings. The zero-order valence-electron chi connectivity index (χ0n) is 15.0. The van der Waals surface area contributed by atoms with Crippen molar-refractivity contribution in [1.29, 1.82) is 0 Å². The molecule has 2 saturated heterocycles. The van der Waals surface area contributed by atoms with Crippen LogP contribution in [0.2, 0.25) is 0 Å². The molecule has 0 spiro atoms. The first-order chi connectivity index (χ1) is 13.1. The van der Waals surface area contributed by atoms with Gasteiger partial charge in [-0.05, 0) is 43.5 Å². The van der Waals surface area contributed by atoms with E-state index in [0.717, 1.165) is 25.0 Å². The minimum atomic E-state index is -0.406. The summed E-state index contributed by atoms with van der Waals surface area (Å²) >= 11 is 6.66. The van der Waals surface area contributed by atoms with E-state index in [1.807, 2.05) is 18.2 Å². The monoisotopic (exact) mass is 407 g/mol. The van der Waals surface area contributed by atoms with Crippen LogP contribution >= 0.6 is 24.0 Å². The summed E-state index contributed by atoms with van der Waals surface area (Å²) in [6, 6.07) is 7.15. The summed E-state index contributed by atoms with van der Waals surface area (Å²) in [5.41, 5.74) is 0.858. The number of esters is 1. The van der Waals surface area contributed by atoms with Crippen LogP contribution in [0.4, 0.5) is 0 Å². The Bertz CT molecular complexity index is 741. The molecule has 1 aromatic rings. The highest BCUT2D eigenvalue weighted by atomic mass is 32.2. The summed E-state index contributed by atoms with van der Waals surface area (Å²) < 4.78 is 16.4. The van der Waals surface area contributed by atoms with Crippen LogP contribution in [0.3, 0.4) is 0 Å². The number of carbonyl (C=O) groups is 2. The second kappa shape index (κ2) is 9.34. The van der Waals surface area contributed by atoms with Crippen molar-refractivity contribution in [3.63, 3.8) is 0 Å². The van der Waals surface area contributed by atoms with Gasteiger partial charge in [0.25, 0.3) is 5.91 Å². The number of hydrogen-bond donors (Lipinski definition) is 0. The number of amides is 1. The van der Waals surface area contributed by atoms with E-state index in [-0.39, 0.29) is 18.6 Å². The van der Waals surface area contributed by atoms with Crippen LogP contribution in [-0.4, -0.2) is 53.6 Å². The molecule has 6 nitrogen and oxygen atoms in total. The quantitative estimate of drug-likeness (QED) is 0.391. The minimum Gasteiger partial charge on any atom is -0.482 e. The molecule has 144 valence electrons. The molecule has 2 fully saturated rings. The smallest absolute Gasteiger partial charge is 0.344 e. The molecule has 0 N–H and O–H groups in total. The lowest BCUT2D eigenvalue weighted by Crippen LogP contribution is -2.35. The zero-order chi connectivity index (χ0) is 19.2. The molecule has 1 atom stereocenters. The van der Waals surface area contributed by atoms with E-state index in [0.29, 0.717) is 28.1 Å². The van der Waals surface area contributed by atoms with E-state index in [1.165, 1.54) is 11.8 Å². The van der Waals surface area contributed by atoms with Crippen molar-refractivity contribution in [3.8, 4) is 5.75 Å². The van der Waals surface area contributed by atoms with Crippen molar-refractivity contribution in [2.45, 2.75) is 25.9 Å². The number of rotatable bonds is 7. The highest BCUT2D eigenvalue weighted by Gasteiger charge is 2.34. The fraction of sp³-hybridized carbons (Fsp3) is 0.421. The predicted octanol–water partition coefficient (Wildman–Crippen LogP) is 3.01. The maximum absolute atomic E-state index is 12.6. The average molecular weight is 408 g/mol. The summed E-state index contributed by atoms with van der Waals surface area (Å²) in [6.07, 6.45) is 3.87. The lowest BCUT2D eigenvalue weighted by Gasteiger charge is -2.18. The summed E-state index contributed by atoms with van der Waals surface area (Å²) in [5.74, 6) is 0.0748. The van der Waals surface area contributed by atoms with Crippen molar-refractivity contribution in [1.82, 2.24) is 4.90 Å². The third-order valence-electron chi connectivity index (χ3n) is 4.12. The topological polar surface area (TPSA) is 65.1 Å². The van der Waals surface area contributed by atoms with Gasteiger partial charge in [-0.15, -0.1) is 0 Å². The zero-order valence-corrected chi connectivity index (χ0v) is 16.6. The third kappa shape index (κ3) is 5.31. The van der Waals surface area contributed by atoms with Crippen LogP contribution in [-0.2, 0) is 19.1 Å². The van der Waals surface area contributed by atoms with Gasteiger partial charge in [0.15, 0.2) is 6.61 Å². The summed E-state index contributed by atoms with van der Waals surface area (Å²) in [7, 11) is 0. The molecule has 2 heterocycles. The van der Waals surface area contributed by atoms with E-state index < -0.39 is 5.97 Å². The van der Waals surface area contributed by atoms with Gasteiger partial charge in [-0.2, -0.15) is 0 Å². The van der Waals surface area contributed by atoms with Crippen LogP contribution in [0.1, 0.15) is 25.3 Å². The molecule has 1 aromatic carbocycles. The lowest BCUT2D eigenvalue weighted by molar-refractivity contribution is -0.145. The third-order valence-corrected chi connectivity index (χ3v) is 5.50. The van der Waals surface area contributed by atoms with Gasteiger partial charge < -0.3 is 14.2 Å². The minimum absolute atomic E-state index is 0.0719. The van der Waals surface area contributed by atoms with Gasteiger partial charge in [-0.3, -0.25) is 9.69 Å². The van der Waals surface area contributed by atoms with E-state index in [1.54, 1.807) is 24.0 Å². The molecule has 8 heteroatoms. The van der Waals surface area contributed by atoms with E-state index in [4.69, 9.17) is 26.4 Å². The van der Waals surface area contributed by atoms with Gasteiger partial charge in [-0.1, -0.05) is 36.1 Å². The molecule has 0 bridgehead atoms. The summed E-state index contributed by atoms with van der Waals surface area (Å²) in [6.45, 7) is 3.21. The largest absolute Gasteiger partial charge is 0.482 e. The molecule has 0 aromatic heterocycles. The SMILES string of the molecule is CCOC(=O)COc1ccc(/C=C2\SC(=S)N(C[C@H]3CCCO3)C2=O)cc1. The number of benzene rings is 1. The number of thiocarbonyl (C=S) groups is 1. The molecule has 3 rings (SSSR count). The Kier molecular flexibility index (Phi) is 6.87. The number of hydrogen-bond acceptors (Lipinski definition) is 7. The van der Waals surface area contributed by atoms with Crippen molar-refractivity contribution in [2.75, 3.05) is 26.4 Å². The fourth-order valence-electron chi connectivity index (χ4n) is 2.81. The van der Waals surface area contributed by atoms with Gasteiger partial charge in [0, 0.05) is 6.61 Å². The highest BCUT2D eigenvalue weighted by molar-refractivity contribution is 8.26. The Balaban J connectivity index is 1.59. The molecule has 1 amide bonds. The molecule has 0 saturated carbocycles. The Hall–Kier alpha value is -1.90. The lowest BCUT2D eigenvalue weighted by atomic mass is 10.2. The molecule has 0 unspecified atom stereocenters. The number of nitrogens with zero attached hydrogens (tertiary/aromatic N) is 1. The van der Waals surface area contributed by atoms with Crippen LogP contribution in [0.5, 0.6) is 5.75 Å². The Labute approximate surface area is 167 Å². The summed E-state index contributed by atoms with van der Waals surface area (Å²) in [5, 5.41) is 0. The van der Waals surface area contributed by atoms with Crippen LogP contribution in [0, 0.1) is 0 Å². The standard InChI is InChI=1S/C19H21NO5S2/c1-2-23-17(21)12-25-14-7-5-13(6-8-14)10-16-18(22)20(19(26)27-16)11-15-4-3-9-24-15/h5-8,10,15H,2-4,9,11-12H2,1H3/b16-10-/t15-/m1/s1. The Morgan fingerprint density at radius 2 is 2.19 bits per heavy atom. The first-order valence-electron chi connectivity index (χ1n) is 8.82. The fourth-order valence-corrected chi connectivity index (χ4v) is 4.08. The molecule has 2 aliphatic heterocycles. The van der Waals surface area contributed by atoms with E-state index in [2.05, 4.69) is 0 Å². The maximum atomic E-state index is 12.6. The van der Waals surface area contributed by atoms with E-state index >= 15 is 0 Å². The van der Waals surface area contributed by atoms with E-state index in [9.17, 15) is 9.59 Å². The van der Waals surface area contributed by atoms with Crippen molar-refractivity contribution in [3.05, 3.63) is 34.7 Å². The van der Waals surface area contributed by atoms with Gasteiger partial charge >= 0.3 is 5.97 Å². The number of carbonyl (C=O) groups excluding carboxylic acids is 2. The van der Waals surface area contributed by atoms with Crippen LogP contribution in [0.25, 0.3) is 6.08 Å². The van der Waals surface area contributed by atoms with Gasteiger partial charge in [0.1, 0.15) is 10.1 Å². The first-order valence-corrected chi connectivity index (χ1v) is 10.0. The molecule has 0 aliphatic carbocycles. The van der Waals surface area contributed by atoms with Crippen LogP contribution in [0.15, 0.2) is 29.2 Å². The van der Waals surface area contributed by atoms with Gasteiger partial charge in [0.05, 0.1) is 24.2 Å². The van der Waals surface area contributed by atoms with Crippen molar-refractivity contribution < 1.29 is 23.8 Å². The first kappa shape index (κ1) is 19.9. The molecule has 0 radical (unpaired) electrons. The van der Waals surface area contributed by atoms with Crippen molar-refractivity contribution in [2.24, 2.45) is 0 Å². The number of thioether (sulfide) groups is 1. The Morgan fingerprint density at radius 3 is 2.85 bits per heavy atom. The maximum Gasteiger partial charge on any atom is 0.344 e. The molecular weight excluding hydrogens is 386 g/mol. The molecule has 27 heavy (non-hydrogen) atoms. The highest BCUT2D eigenvalue weighted by Crippen LogP contribution is 2.33. The van der Waals surface area contributed by atoms with Crippen LogP contribution < -0.4 is 4.74 Å². The normalized spacial score (nSPS) is 21.1. The second-order valence-electron chi connectivity index (χ2n) is 6.09. The van der Waals surface area contributed by atoms with Crippen molar-refractivity contribution >= 4 is 46.3 Å². The summed E-state index contributed by atoms with van der Waals surface area (Å²) in [4.78, 5) is 26.2. The van der Waals surface area contributed by atoms with Gasteiger partial charge in [0.2, 0.25) is 0 Å². The number of ether oxygens (including phenoxy) is 3.